The lowest BCUT2D eigenvalue weighted by molar-refractivity contribution is 1.27. The van der Waals surface area contributed by atoms with Crippen molar-refractivity contribution in [1.29, 1.82) is 5.26 Å². The van der Waals surface area contributed by atoms with Gasteiger partial charge in [-0.25, -0.2) is 0 Å². The molecule has 0 aromatic heterocycles. The van der Waals surface area contributed by atoms with E-state index >= 15 is 0 Å². The Kier molecular flexibility index (Phi) is 5.73. The maximum absolute atomic E-state index is 9.10. The third-order valence-corrected chi connectivity index (χ3v) is 3.85. The van der Waals surface area contributed by atoms with E-state index in [1.54, 1.807) is 0 Å². The van der Waals surface area contributed by atoms with Crippen LogP contribution < -0.4 is 0 Å². The Hall–Kier alpha value is -2.07. The normalized spacial score (nSPS) is 9.62. The fourth-order valence-corrected chi connectivity index (χ4v) is 2.82. The minimum Gasteiger partial charge on any atom is -0.192 e. The molecule has 0 fully saturated rings. The Morgan fingerprint density at radius 2 is 1.33 bits per heavy atom. The number of benzene rings is 2. The molecule has 0 unspecified atom stereocenters. The van der Waals surface area contributed by atoms with Crippen LogP contribution in [0.5, 0.6) is 0 Å². The summed E-state index contributed by atoms with van der Waals surface area (Å²) in [6.45, 7) is 14.6. The smallest absolute Gasteiger partial charge is 0.0994 e. The lowest BCUT2D eigenvalue weighted by atomic mass is 9.88. The van der Waals surface area contributed by atoms with E-state index in [1.807, 2.05) is 26.8 Å². The van der Waals surface area contributed by atoms with Crippen molar-refractivity contribution in [2.75, 3.05) is 0 Å². The van der Waals surface area contributed by atoms with Crippen LogP contribution in [0.15, 0.2) is 24.3 Å². The van der Waals surface area contributed by atoms with Crippen LogP contribution in [0.25, 0.3) is 11.1 Å². The van der Waals surface area contributed by atoms with Gasteiger partial charge >= 0.3 is 0 Å². The second kappa shape index (κ2) is 7.09. The van der Waals surface area contributed by atoms with Crippen molar-refractivity contribution in [1.82, 2.24) is 0 Å². The molecular formula is C20H25N. The molecule has 0 N–H and O–H groups in total. The number of aryl methyl sites for hydroxylation is 3. The van der Waals surface area contributed by atoms with Gasteiger partial charge in [-0.2, -0.15) is 5.26 Å². The zero-order valence-electron chi connectivity index (χ0n) is 14.3. The van der Waals surface area contributed by atoms with Crippen molar-refractivity contribution < 1.29 is 0 Å². The van der Waals surface area contributed by atoms with Crippen molar-refractivity contribution >= 4 is 0 Å². The van der Waals surface area contributed by atoms with Gasteiger partial charge in [-0.15, -0.1) is 0 Å². The molecule has 2 aromatic carbocycles. The molecule has 1 nitrogen and oxygen atoms in total. The van der Waals surface area contributed by atoms with Crippen molar-refractivity contribution in [2.24, 2.45) is 0 Å². The first-order valence-corrected chi connectivity index (χ1v) is 7.54. The van der Waals surface area contributed by atoms with E-state index in [9.17, 15) is 0 Å². The van der Waals surface area contributed by atoms with Crippen molar-refractivity contribution in [3.8, 4) is 17.2 Å². The highest BCUT2D eigenvalue weighted by Gasteiger charge is 2.12. The molecule has 0 saturated heterocycles. The third-order valence-electron chi connectivity index (χ3n) is 3.85. The molecule has 0 heterocycles. The fraction of sp³-hybridized carbons (Fsp3) is 0.350. The average molecular weight is 279 g/mol. The first-order valence-electron chi connectivity index (χ1n) is 7.54. The fourth-order valence-electron chi connectivity index (χ4n) is 2.82. The number of hydrogen-bond donors (Lipinski definition) is 0. The molecule has 1 heteroatoms. The van der Waals surface area contributed by atoms with Gasteiger partial charge in [0.15, 0.2) is 0 Å². The second-order valence-corrected chi connectivity index (χ2v) is 5.30. The Morgan fingerprint density at radius 3 is 1.81 bits per heavy atom. The van der Waals surface area contributed by atoms with Gasteiger partial charge in [-0.1, -0.05) is 37.6 Å². The lowest BCUT2D eigenvalue weighted by Crippen LogP contribution is -1.96. The molecule has 0 aliphatic rings. The summed E-state index contributed by atoms with van der Waals surface area (Å²) in [6, 6.07) is 10.7. The van der Waals surface area contributed by atoms with Crippen LogP contribution in [0.2, 0.25) is 0 Å². The van der Waals surface area contributed by atoms with E-state index in [2.05, 4.69) is 52.0 Å². The topological polar surface area (TPSA) is 23.8 Å². The zero-order chi connectivity index (χ0) is 16.2. The monoisotopic (exact) mass is 279 g/mol. The first-order chi connectivity index (χ1) is 9.95. The SMILES string of the molecule is CC.Cc1cc(C)c(-c2ccc(C#N)c(C)c2C)c(C)c1. The van der Waals surface area contributed by atoms with Crippen LogP contribution in [0.4, 0.5) is 0 Å². The van der Waals surface area contributed by atoms with Gasteiger partial charge in [0, 0.05) is 0 Å². The predicted octanol–water partition coefficient (Wildman–Crippen LogP) is 5.79. The van der Waals surface area contributed by atoms with Gasteiger partial charge in [0.2, 0.25) is 0 Å². The Balaban J connectivity index is 0.00000106. The molecule has 0 spiro atoms. The van der Waals surface area contributed by atoms with Crippen LogP contribution in [0, 0.1) is 45.9 Å². The average Bonchev–Trinajstić information content (AvgIpc) is 2.45. The summed E-state index contributed by atoms with van der Waals surface area (Å²) < 4.78 is 0. The summed E-state index contributed by atoms with van der Waals surface area (Å²) >= 11 is 0. The van der Waals surface area contributed by atoms with Crippen molar-refractivity contribution in [3.63, 3.8) is 0 Å². The van der Waals surface area contributed by atoms with E-state index in [-0.39, 0.29) is 0 Å². The molecule has 0 radical (unpaired) electrons. The van der Waals surface area contributed by atoms with Crippen LogP contribution in [-0.2, 0) is 0 Å². The highest BCUT2D eigenvalue weighted by atomic mass is 14.2. The van der Waals surface area contributed by atoms with Crippen molar-refractivity contribution in [2.45, 2.75) is 48.5 Å². The van der Waals surface area contributed by atoms with E-state index in [0.29, 0.717) is 0 Å². The number of nitrogens with zero attached hydrogens (tertiary/aromatic N) is 1. The summed E-state index contributed by atoms with van der Waals surface area (Å²) in [5, 5.41) is 9.10. The predicted molar refractivity (Wildman–Crippen MR) is 91.6 cm³/mol. The van der Waals surface area contributed by atoms with E-state index < -0.39 is 0 Å². The molecule has 0 aliphatic heterocycles. The highest BCUT2D eigenvalue weighted by molar-refractivity contribution is 5.76. The number of hydrogen-bond acceptors (Lipinski definition) is 1. The number of nitriles is 1. The van der Waals surface area contributed by atoms with E-state index in [1.165, 1.54) is 33.4 Å². The molecule has 0 saturated carbocycles. The molecule has 0 atom stereocenters. The zero-order valence-corrected chi connectivity index (χ0v) is 14.3. The molecule has 110 valence electrons. The first kappa shape index (κ1) is 17.0. The summed E-state index contributed by atoms with van der Waals surface area (Å²) in [5.41, 5.74) is 9.48. The minimum atomic E-state index is 0.767. The van der Waals surface area contributed by atoms with Crippen LogP contribution in [0.1, 0.15) is 47.2 Å². The van der Waals surface area contributed by atoms with Crippen molar-refractivity contribution in [3.05, 3.63) is 57.6 Å². The number of rotatable bonds is 1. The van der Waals surface area contributed by atoms with E-state index in [0.717, 1.165) is 11.1 Å². The molecular weight excluding hydrogens is 254 g/mol. The van der Waals surface area contributed by atoms with Gasteiger partial charge in [-0.3, -0.25) is 0 Å². The van der Waals surface area contributed by atoms with Gasteiger partial charge in [0.25, 0.3) is 0 Å². The van der Waals surface area contributed by atoms with Gasteiger partial charge in [0.05, 0.1) is 11.6 Å². The molecule has 21 heavy (non-hydrogen) atoms. The summed E-state index contributed by atoms with van der Waals surface area (Å²) in [5.74, 6) is 0. The molecule has 0 amide bonds. The van der Waals surface area contributed by atoms with Crippen LogP contribution in [-0.4, -0.2) is 0 Å². The third kappa shape index (κ3) is 3.34. The highest BCUT2D eigenvalue weighted by Crippen LogP contribution is 2.33. The van der Waals surface area contributed by atoms with E-state index in [4.69, 9.17) is 5.26 Å². The summed E-state index contributed by atoms with van der Waals surface area (Å²) in [6.07, 6.45) is 0. The minimum absolute atomic E-state index is 0.767. The van der Waals surface area contributed by atoms with Gasteiger partial charge < -0.3 is 0 Å². The Morgan fingerprint density at radius 1 is 0.810 bits per heavy atom. The second-order valence-electron chi connectivity index (χ2n) is 5.30. The molecule has 0 bridgehead atoms. The maximum atomic E-state index is 9.10. The Labute approximate surface area is 129 Å². The Bertz CT molecular complexity index is 665. The molecule has 2 aromatic rings. The largest absolute Gasteiger partial charge is 0.192 e. The van der Waals surface area contributed by atoms with Gasteiger partial charge in [-0.05, 0) is 74.1 Å². The molecule has 0 aliphatic carbocycles. The van der Waals surface area contributed by atoms with Crippen LogP contribution >= 0.6 is 0 Å². The maximum Gasteiger partial charge on any atom is 0.0994 e. The standard InChI is InChI=1S/C18H19N.C2H6/c1-11-8-12(2)18(13(3)9-11)17-7-6-16(10-19)14(4)15(17)5;1-2/h6-9H,1-5H3;1-2H3. The van der Waals surface area contributed by atoms with Crippen LogP contribution in [0.3, 0.4) is 0 Å². The van der Waals surface area contributed by atoms with Gasteiger partial charge in [0.1, 0.15) is 0 Å². The summed E-state index contributed by atoms with van der Waals surface area (Å²) in [7, 11) is 0. The summed E-state index contributed by atoms with van der Waals surface area (Å²) in [4.78, 5) is 0. The quantitative estimate of drug-likeness (QED) is 0.647. The lowest BCUT2D eigenvalue weighted by Gasteiger charge is -2.16. The molecule has 2 rings (SSSR count).